The van der Waals surface area contributed by atoms with Crippen molar-refractivity contribution >= 4 is 11.9 Å². The van der Waals surface area contributed by atoms with Crippen molar-refractivity contribution in [1.82, 2.24) is 15.3 Å². The highest BCUT2D eigenvalue weighted by molar-refractivity contribution is 5.68. The number of alkyl carbamates (subject to hydrolysis) is 1. The number of nitrogens with one attached hydrogen (secondary N) is 1. The van der Waals surface area contributed by atoms with E-state index in [-0.39, 0.29) is 17.6 Å². The minimum absolute atomic E-state index is 0.00835. The number of hydrogen-bond donors (Lipinski definition) is 1. The molecule has 1 aliphatic heterocycles. The van der Waals surface area contributed by atoms with Gasteiger partial charge in [0.05, 0.1) is 11.7 Å². The molecule has 0 bridgehead atoms. The molecule has 2 rings (SSSR count). The summed E-state index contributed by atoms with van der Waals surface area (Å²) in [6.07, 6.45) is 2.14. The topological polar surface area (TPSA) is 67.3 Å². The van der Waals surface area contributed by atoms with Crippen molar-refractivity contribution in [1.29, 1.82) is 0 Å². The summed E-state index contributed by atoms with van der Waals surface area (Å²) in [5.41, 5.74) is 0.536. The van der Waals surface area contributed by atoms with E-state index >= 15 is 0 Å². The first-order chi connectivity index (χ1) is 10.5. The van der Waals surface area contributed by atoms with E-state index < -0.39 is 5.60 Å². The molecular weight excluding hydrogens is 292 g/mol. The van der Waals surface area contributed by atoms with E-state index in [0.717, 1.165) is 31.0 Å². The Labute approximate surface area is 138 Å². The molecule has 0 spiro atoms. The van der Waals surface area contributed by atoms with Gasteiger partial charge in [-0.1, -0.05) is 20.8 Å². The number of amides is 1. The zero-order valence-electron chi connectivity index (χ0n) is 15.0. The molecule has 2 heterocycles. The van der Waals surface area contributed by atoms with Gasteiger partial charge in [-0.05, 0) is 27.2 Å². The maximum Gasteiger partial charge on any atom is 0.407 e. The predicted octanol–water partition coefficient (Wildman–Crippen LogP) is 2.88. The molecule has 1 saturated heterocycles. The van der Waals surface area contributed by atoms with Gasteiger partial charge in [0.15, 0.2) is 0 Å². The second-order valence-electron chi connectivity index (χ2n) is 8.09. The Balaban J connectivity index is 1.97. The standard InChI is InChI=1S/C17H28N4O2/c1-16(2,3)13-9-14(19-11-18-13)21-8-7-12(10-21)20-15(22)23-17(4,5)6/h9,11-12H,7-8,10H2,1-6H3,(H,20,22). The SMILES string of the molecule is CC(C)(C)OC(=O)NC1CCN(c2cc(C(C)(C)C)ncn2)C1. The zero-order valence-corrected chi connectivity index (χ0v) is 15.0. The molecule has 1 aromatic heterocycles. The van der Waals surface area contributed by atoms with Crippen molar-refractivity contribution in [3.05, 3.63) is 18.1 Å². The van der Waals surface area contributed by atoms with Crippen molar-refractivity contribution in [3.8, 4) is 0 Å². The monoisotopic (exact) mass is 320 g/mol. The minimum Gasteiger partial charge on any atom is -0.444 e. The van der Waals surface area contributed by atoms with Gasteiger partial charge in [0, 0.05) is 24.6 Å². The van der Waals surface area contributed by atoms with Crippen LogP contribution in [0.1, 0.15) is 53.7 Å². The van der Waals surface area contributed by atoms with E-state index in [4.69, 9.17) is 4.74 Å². The van der Waals surface area contributed by atoms with Crippen LogP contribution < -0.4 is 10.2 Å². The summed E-state index contributed by atoms with van der Waals surface area (Å²) in [5, 5.41) is 2.93. The number of carbonyl (C=O) groups is 1. The van der Waals surface area contributed by atoms with E-state index in [2.05, 4.69) is 41.0 Å². The van der Waals surface area contributed by atoms with Crippen LogP contribution in [-0.4, -0.2) is 40.8 Å². The molecule has 0 aromatic carbocycles. The molecule has 1 N–H and O–H groups in total. The average molecular weight is 320 g/mol. The Morgan fingerprint density at radius 2 is 1.96 bits per heavy atom. The lowest BCUT2D eigenvalue weighted by atomic mass is 9.92. The van der Waals surface area contributed by atoms with Crippen molar-refractivity contribution in [2.45, 2.75) is 65.0 Å². The minimum atomic E-state index is -0.476. The van der Waals surface area contributed by atoms with E-state index in [0.29, 0.717) is 0 Å². The lowest BCUT2D eigenvalue weighted by Gasteiger charge is -2.23. The van der Waals surface area contributed by atoms with Gasteiger partial charge in [-0.15, -0.1) is 0 Å². The molecule has 1 atom stereocenters. The first-order valence-electron chi connectivity index (χ1n) is 8.11. The second kappa shape index (κ2) is 6.34. The van der Waals surface area contributed by atoms with Crippen LogP contribution in [0, 0.1) is 0 Å². The number of rotatable bonds is 2. The first-order valence-corrected chi connectivity index (χ1v) is 8.11. The number of hydrogen-bond acceptors (Lipinski definition) is 5. The number of ether oxygens (including phenoxy) is 1. The largest absolute Gasteiger partial charge is 0.444 e. The van der Waals surface area contributed by atoms with E-state index in [9.17, 15) is 4.79 Å². The number of aromatic nitrogens is 2. The molecular formula is C17H28N4O2. The Kier molecular flexibility index (Phi) is 4.82. The third kappa shape index (κ3) is 5.08. The van der Waals surface area contributed by atoms with E-state index in [1.54, 1.807) is 6.33 Å². The van der Waals surface area contributed by atoms with Crippen molar-refractivity contribution in [2.24, 2.45) is 0 Å². The quantitative estimate of drug-likeness (QED) is 0.907. The second-order valence-corrected chi connectivity index (χ2v) is 8.09. The van der Waals surface area contributed by atoms with Gasteiger partial charge >= 0.3 is 6.09 Å². The Morgan fingerprint density at radius 1 is 1.26 bits per heavy atom. The summed E-state index contributed by atoms with van der Waals surface area (Å²) >= 11 is 0. The molecule has 0 aliphatic carbocycles. The van der Waals surface area contributed by atoms with Gasteiger partial charge in [-0.3, -0.25) is 0 Å². The molecule has 1 unspecified atom stereocenters. The molecule has 1 fully saturated rings. The molecule has 23 heavy (non-hydrogen) atoms. The molecule has 1 aromatic rings. The highest BCUT2D eigenvalue weighted by Gasteiger charge is 2.27. The fourth-order valence-electron chi connectivity index (χ4n) is 2.49. The maximum atomic E-state index is 11.9. The maximum absolute atomic E-state index is 11.9. The van der Waals surface area contributed by atoms with Crippen LogP contribution in [0.2, 0.25) is 0 Å². The van der Waals surface area contributed by atoms with Crippen LogP contribution in [0.3, 0.4) is 0 Å². The van der Waals surface area contributed by atoms with E-state index in [1.165, 1.54) is 0 Å². The normalized spacial score (nSPS) is 18.9. The van der Waals surface area contributed by atoms with Crippen LogP contribution in [0.15, 0.2) is 12.4 Å². The summed E-state index contributed by atoms with van der Waals surface area (Å²) in [7, 11) is 0. The predicted molar refractivity (Wildman–Crippen MR) is 90.7 cm³/mol. The van der Waals surface area contributed by atoms with Crippen LogP contribution in [0.5, 0.6) is 0 Å². The Bertz CT molecular complexity index is 560. The van der Waals surface area contributed by atoms with Gasteiger partial charge in [-0.2, -0.15) is 0 Å². The fourth-order valence-corrected chi connectivity index (χ4v) is 2.49. The summed E-state index contributed by atoms with van der Waals surface area (Å²) in [6.45, 7) is 13.6. The van der Waals surface area contributed by atoms with Crippen molar-refractivity contribution in [3.63, 3.8) is 0 Å². The zero-order chi connectivity index (χ0) is 17.3. The van der Waals surface area contributed by atoms with Gasteiger partial charge < -0.3 is 15.0 Å². The highest BCUT2D eigenvalue weighted by atomic mass is 16.6. The van der Waals surface area contributed by atoms with Crippen LogP contribution in [0.25, 0.3) is 0 Å². The molecule has 128 valence electrons. The van der Waals surface area contributed by atoms with Gasteiger partial charge in [0.25, 0.3) is 0 Å². The third-order valence-electron chi connectivity index (χ3n) is 3.65. The van der Waals surface area contributed by atoms with E-state index in [1.807, 2.05) is 26.8 Å². The molecule has 1 aliphatic rings. The van der Waals surface area contributed by atoms with Crippen LogP contribution in [-0.2, 0) is 10.2 Å². The van der Waals surface area contributed by atoms with Crippen LogP contribution >= 0.6 is 0 Å². The first kappa shape index (κ1) is 17.5. The van der Waals surface area contributed by atoms with Gasteiger partial charge in [-0.25, -0.2) is 14.8 Å². The summed E-state index contributed by atoms with van der Waals surface area (Å²) in [6, 6.07) is 2.12. The fraction of sp³-hybridized carbons (Fsp3) is 0.706. The molecule has 0 saturated carbocycles. The third-order valence-corrected chi connectivity index (χ3v) is 3.65. The number of nitrogens with zero attached hydrogens (tertiary/aromatic N) is 3. The molecule has 1 amide bonds. The molecule has 0 radical (unpaired) electrons. The van der Waals surface area contributed by atoms with Crippen LogP contribution in [0.4, 0.5) is 10.6 Å². The Hall–Kier alpha value is -1.85. The lowest BCUT2D eigenvalue weighted by molar-refractivity contribution is 0.0509. The van der Waals surface area contributed by atoms with Crippen molar-refractivity contribution in [2.75, 3.05) is 18.0 Å². The smallest absolute Gasteiger partial charge is 0.407 e. The molecule has 6 nitrogen and oxygen atoms in total. The summed E-state index contributed by atoms with van der Waals surface area (Å²) in [5.74, 6) is 0.915. The van der Waals surface area contributed by atoms with Gasteiger partial charge in [0.1, 0.15) is 17.7 Å². The number of carbonyl (C=O) groups excluding carboxylic acids is 1. The Morgan fingerprint density at radius 3 is 2.57 bits per heavy atom. The van der Waals surface area contributed by atoms with Crippen molar-refractivity contribution < 1.29 is 9.53 Å². The highest BCUT2D eigenvalue weighted by Crippen LogP contribution is 2.24. The molecule has 6 heteroatoms. The number of anilines is 1. The summed E-state index contributed by atoms with van der Waals surface area (Å²) in [4.78, 5) is 22.8. The lowest BCUT2D eigenvalue weighted by Crippen LogP contribution is -2.40. The average Bonchev–Trinajstić information content (AvgIpc) is 2.84. The van der Waals surface area contributed by atoms with Gasteiger partial charge in [0.2, 0.25) is 0 Å². The summed E-state index contributed by atoms with van der Waals surface area (Å²) < 4.78 is 5.31.